The Morgan fingerprint density at radius 1 is 1.32 bits per heavy atom. The van der Waals surface area contributed by atoms with Gasteiger partial charge in [-0.15, -0.1) is 0 Å². The van der Waals surface area contributed by atoms with Gasteiger partial charge in [-0.2, -0.15) is 5.10 Å². The predicted molar refractivity (Wildman–Crippen MR) is 109 cm³/mol. The minimum absolute atomic E-state index is 0.0973. The molecular weight excluding hydrogens is 406 g/mol. The summed E-state index contributed by atoms with van der Waals surface area (Å²) in [6.45, 7) is 2.61. The number of carbonyl (C=O) groups is 1. The molecule has 8 nitrogen and oxygen atoms in total. The van der Waals surface area contributed by atoms with Gasteiger partial charge in [0.05, 0.1) is 31.1 Å². The Balaban J connectivity index is 1.70. The molecule has 162 valence electrons. The number of rotatable bonds is 0. The number of aryl methyl sites for hydroxylation is 1. The SMILES string of the molecule is Cc1nn2ccc3nc2c1C(=O)N(C)CCCOc1ncc(F)cc1[C@H]1C[C@H](F)CN31. The van der Waals surface area contributed by atoms with E-state index in [1.807, 2.05) is 0 Å². The molecule has 2 aliphatic rings. The topological polar surface area (TPSA) is 75.9 Å². The van der Waals surface area contributed by atoms with Crippen molar-refractivity contribution < 1.29 is 18.3 Å². The van der Waals surface area contributed by atoms with Gasteiger partial charge in [0.2, 0.25) is 5.88 Å². The van der Waals surface area contributed by atoms with Crippen molar-refractivity contribution in [1.82, 2.24) is 24.5 Å². The fourth-order valence-electron chi connectivity index (χ4n) is 4.34. The number of hydrogen-bond donors (Lipinski definition) is 0. The fourth-order valence-corrected chi connectivity index (χ4v) is 4.34. The summed E-state index contributed by atoms with van der Waals surface area (Å²) >= 11 is 0. The summed E-state index contributed by atoms with van der Waals surface area (Å²) in [5.74, 6) is 0.0735. The number of amides is 1. The van der Waals surface area contributed by atoms with Crippen LogP contribution in [0.5, 0.6) is 5.88 Å². The predicted octanol–water partition coefficient (Wildman–Crippen LogP) is 2.72. The third-order valence-corrected chi connectivity index (χ3v) is 5.83. The zero-order valence-corrected chi connectivity index (χ0v) is 17.3. The van der Waals surface area contributed by atoms with Crippen LogP contribution in [0.25, 0.3) is 5.65 Å². The van der Waals surface area contributed by atoms with Crippen LogP contribution in [0.4, 0.5) is 14.6 Å². The molecule has 2 bridgehead atoms. The molecule has 0 aromatic carbocycles. The smallest absolute Gasteiger partial charge is 0.259 e. The molecule has 1 amide bonds. The van der Waals surface area contributed by atoms with Crippen molar-refractivity contribution in [1.29, 1.82) is 0 Å². The van der Waals surface area contributed by atoms with E-state index in [1.165, 1.54) is 6.07 Å². The maximum absolute atomic E-state index is 14.6. The minimum Gasteiger partial charge on any atom is -0.477 e. The molecule has 0 radical (unpaired) electrons. The molecule has 1 saturated heterocycles. The molecule has 0 unspecified atom stereocenters. The number of hydrogen-bond acceptors (Lipinski definition) is 6. The zero-order chi connectivity index (χ0) is 21.7. The van der Waals surface area contributed by atoms with Gasteiger partial charge in [-0.25, -0.2) is 23.3 Å². The first-order chi connectivity index (χ1) is 14.9. The molecule has 0 saturated carbocycles. The average Bonchev–Trinajstić information content (AvgIpc) is 3.29. The van der Waals surface area contributed by atoms with Crippen molar-refractivity contribution in [3.05, 3.63) is 47.2 Å². The summed E-state index contributed by atoms with van der Waals surface area (Å²) in [7, 11) is 1.72. The van der Waals surface area contributed by atoms with E-state index in [2.05, 4.69) is 15.1 Å². The van der Waals surface area contributed by atoms with Gasteiger partial charge in [-0.1, -0.05) is 0 Å². The Bertz CT molecular complexity index is 1170. The van der Waals surface area contributed by atoms with E-state index in [0.717, 1.165) is 6.20 Å². The van der Waals surface area contributed by atoms with E-state index >= 15 is 0 Å². The summed E-state index contributed by atoms with van der Waals surface area (Å²) in [5, 5.41) is 4.41. The lowest BCUT2D eigenvalue weighted by Crippen LogP contribution is -2.30. The standard InChI is InChI=1S/C21H22F2N6O2/c1-12-18-19-25-17(4-6-29(19)26-12)28-11-14(23)9-16(28)15-8-13(22)10-24-20(15)31-7-3-5-27(2)21(18)30/h4,6,8,10,14,16H,3,5,7,9,11H2,1-2H3/t14-,16+/m0/s1. The number of fused-ring (bicyclic) bond motifs is 5. The average molecular weight is 428 g/mol. The molecule has 2 atom stereocenters. The highest BCUT2D eigenvalue weighted by Crippen LogP contribution is 2.40. The highest BCUT2D eigenvalue weighted by Gasteiger charge is 2.37. The summed E-state index contributed by atoms with van der Waals surface area (Å²) in [4.78, 5) is 25.3. The van der Waals surface area contributed by atoms with Crippen molar-refractivity contribution in [3.63, 3.8) is 0 Å². The summed E-state index contributed by atoms with van der Waals surface area (Å²) in [5.41, 5.74) is 1.90. The molecule has 31 heavy (non-hydrogen) atoms. The van der Waals surface area contributed by atoms with Crippen LogP contribution >= 0.6 is 0 Å². The van der Waals surface area contributed by atoms with E-state index in [0.29, 0.717) is 47.9 Å². The van der Waals surface area contributed by atoms with Gasteiger partial charge in [-0.05, 0) is 25.5 Å². The number of ether oxygens (including phenoxy) is 1. The molecule has 5 rings (SSSR count). The van der Waals surface area contributed by atoms with E-state index in [4.69, 9.17) is 4.74 Å². The summed E-state index contributed by atoms with van der Waals surface area (Å²) in [6, 6.07) is 2.59. The van der Waals surface area contributed by atoms with E-state index < -0.39 is 18.0 Å². The van der Waals surface area contributed by atoms with Crippen molar-refractivity contribution in [2.24, 2.45) is 0 Å². The highest BCUT2D eigenvalue weighted by atomic mass is 19.1. The molecule has 0 spiro atoms. The molecule has 3 aromatic rings. The van der Waals surface area contributed by atoms with Crippen molar-refractivity contribution >= 4 is 17.4 Å². The van der Waals surface area contributed by atoms with Crippen molar-refractivity contribution in [2.45, 2.75) is 32.0 Å². The number of anilines is 1. The van der Waals surface area contributed by atoms with Gasteiger partial charge in [-0.3, -0.25) is 4.79 Å². The Kier molecular flexibility index (Phi) is 4.71. The van der Waals surface area contributed by atoms with Crippen LogP contribution in [0.3, 0.4) is 0 Å². The fraction of sp³-hybridized carbons (Fsp3) is 0.429. The van der Waals surface area contributed by atoms with Gasteiger partial charge in [0.1, 0.15) is 23.4 Å². The number of halogens is 2. The van der Waals surface area contributed by atoms with Gasteiger partial charge >= 0.3 is 0 Å². The van der Waals surface area contributed by atoms with Crippen molar-refractivity contribution in [2.75, 3.05) is 31.6 Å². The second-order valence-electron chi connectivity index (χ2n) is 7.99. The number of nitrogens with zero attached hydrogens (tertiary/aromatic N) is 6. The van der Waals surface area contributed by atoms with Crippen LogP contribution in [-0.2, 0) is 0 Å². The van der Waals surface area contributed by atoms with Gasteiger partial charge in [0, 0.05) is 31.8 Å². The summed E-state index contributed by atoms with van der Waals surface area (Å²) < 4.78 is 36.0. The maximum atomic E-state index is 14.6. The molecule has 10 heteroatoms. The Labute approximate surface area is 177 Å². The molecule has 2 aliphatic heterocycles. The maximum Gasteiger partial charge on any atom is 0.259 e. The molecule has 0 N–H and O–H groups in total. The van der Waals surface area contributed by atoms with Crippen LogP contribution in [0.15, 0.2) is 24.5 Å². The van der Waals surface area contributed by atoms with E-state index in [9.17, 15) is 13.6 Å². The quantitative estimate of drug-likeness (QED) is 0.548. The Hall–Kier alpha value is -3.30. The Morgan fingerprint density at radius 3 is 3.00 bits per heavy atom. The lowest BCUT2D eigenvalue weighted by molar-refractivity contribution is 0.0788. The Morgan fingerprint density at radius 2 is 2.16 bits per heavy atom. The highest BCUT2D eigenvalue weighted by molar-refractivity contribution is 6.01. The lowest BCUT2D eigenvalue weighted by atomic mass is 10.1. The van der Waals surface area contributed by atoms with Gasteiger partial charge in [0.15, 0.2) is 5.65 Å². The van der Waals surface area contributed by atoms with E-state index in [1.54, 1.807) is 40.5 Å². The second kappa shape index (κ2) is 7.44. The zero-order valence-electron chi connectivity index (χ0n) is 17.3. The minimum atomic E-state index is -1.12. The normalized spacial score (nSPS) is 21.7. The van der Waals surface area contributed by atoms with Crippen LogP contribution < -0.4 is 9.64 Å². The van der Waals surface area contributed by atoms with Crippen LogP contribution in [-0.4, -0.2) is 63.3 Å². The molecule has 3 aromatic heterocycles. The largest absolute Gasteiger partial charge is 0.477 e. The first-order valence-corrected chi connectivity index (χ1v) is 10.2. The number of aromatic nitrogens is 4. The van der Waals surface area contributed by atoms with Gasteiger partial charge < -0.3 is 14.5 Å². The van der Waals surface area contributed by atoms with Crippen LogP contribution in [0, 0.1) is 12.7 Å². The van der Waals surface area contributed by atoms with Crippen LogP contribution in [0.2, 0.25) is 0 Å². The number of carbonyl (C=O) groups excluding carboxylic acids is 1. The first-order valence-electron chi connectivity index (χ1n) is 10.2. The molecular formula is C21H22F2N6O2. The second-order valence-corrected chi connectivity index (χ2v) is 7.99. The van der Waals surface area contributed by atoms with E-state index in [-0.39, 0.29) is 24.8 Å². The number of alkyl halides is 1. The molecule has 0 aliphatic carbocycles. The third-order valence-electron chi connectivity index (χ3n) is 5.83. The van der Waals surface area contributed by atoms with Gasteiger partial charge in [0.25, 0.3) is 5.91 Å². The first kappa shape index (κ1) is 19.7. The third kappa shape index (κ3) is 3.35. The lowest BCUT2D eigenvalue weighted by Gasteiger charge is -2.27. The monoisotopic (exact) mass is 428 g/mol. The van der Waals surface area contributed by atoms with Crippen LogP contribution in [0.1, 0.15) is 40.5 Å². The van der Waals surface area contributed by atoms with Crippen molar-refractivity contribution in [3.8, 4) is 5.88 Å². The molecule has 1 fully saturated rings. The summed E-state index contributed by atoms with van der Waals surface area (Å²) in [6.07, 6.45) is 2.40. The number of pyridine rings is 1. The molecule has 5 heterocycles.